The second kappa shape index (κ2) is 5.14. The van der Waals surface area contributed by atoms with Gasteiger partial charge in [-0.15, -0.1) is 0 Å². The Balaban J connectivity index is 2.10. The van der Waals surface area contributed by atoms with Crippen LogP contribution in [0.2, 0.25) is 5.02 Å². The molecule has 0 N–H and O–H groups in total. The van der Waals surface area contributed by atoms with E-state index in [0.717, 1.165) is 11.1 Å². The Bertz CT molecular complexity index is 781. The van der Waals surface area contributed by atoms with Gasteiger partial charge in [-0.3, -0.25) is 0 Å². The summed E-state index contributed by atoms with van der Waals surface area (Å²) in [5.41, 5.74) is 1.77. The van der Waals surface area contributed by atoms with Gasteiger partial charge in [0.1, 0.15) is 0 Å². The molecule has 1 aliphatic carbocycles. The molecule has 1 aliphatic rings. The Hall–Kier alpha value is -1.33. The molecule has 0 radical (unpaired) electrons. The molecule has 1 aromatic carbocycles. The van der Waals surface area contributed by atoms with E-state index < -0.39 is 15.1 Å². The number of aromatic nitrogens is 2. The molecular formula is C15H17ClN2O2S. The molecule has 0 fully saturated rings. The van der Waals surface area contributed by atoms with E-state index in [2.05, 4.69) is 4.98 Å². The monoisotopic (exact) mass is 324 g/mol. The molecule has 1 atom stereocenters. The van der Waals surface area contributed by atoms with Crippen LogP contribution in [0.4, 0.5) is 0 Å². The third-order valence-electron chi connectivity index (χ3n) is 3.98. The zero-order valence-corrected chi connectivity index (χ0v) is 13.5. The summed E-state index contributed by atoms with van der Waals surface area (Å²) in [4.78, 5) is 4.09. The molecule has 6 heteroatoms. The number of fused-ring (bicyclic) bond motifs is 1. The Labute approximate surface area is 129 Å². The first-order chi connectivity index (χ1) is 9.93. The van der Waals surface area contributed by atoms with Crippen molar-refractivity contribution >= 4 is 21.4 Å². The molecule has 1 aromatic heterocycles. The van der Waals surface area contributed by atoms with Crippen LogP contribution in [-0.2, 0) is 16.3 Å². The number of halogens is 1. The zero-order valence-electron chi connectivity index (χ0n) is 12.0. The average Bonchev–Trinajstić information content (AvgIpc) is 3.06. The number of hydrogen-bond donors (Lipinski definition) is 0. The maximum absolute atomic E-state index is 13.0. The number of benzene rings is 1. The lowest BCUT2D eigenvalue weighted by Gasteiger charge is -2.16. The summed E-state index contributed by atoms with van der Waals surface area (Å²) < 4.78 is 27.6. The Kier molecular flexibility index (Phi) is 3.58. The van der Waals surface area contributed by atoms with E-state index >= 15 is 0 Å². The standard InChI is InChI=1S/C15H17ClN2O2S/c1-10(2)18-9-8-17-15(18)21(19,20)14-7-6-11-12(14)4-3-5-13(11)16/h3-5,8-10,14H,6-7H2,1-2H3. The molecule has 1 unspecified atom stereocenters. The van der Waals surface area contributed by atoms with Crippen molar-refractivity contribution in [3.05, 3.63) is 46.7 Å². The van der Waals surface area contributed by atoms with Crippen LogP contribution in [0.3, 0.4) is 0 Å². The van der Waals surface area contributed by atoms with Crippen LogP contribution in [0, 0.1) is 0 Å². The van der Waals surface area contributed by atoms with E-state index in [4.69, 9.17) is 11.6 Å². The summed E-state index contributed by atoms with van der Waals surface area (Å²) in [5, 5.41) is 0.249. The molecule has 2 aromatic rings. The maximum atomic E-state index is 13.0. The maximum Gasteiger partial charge on any atom is 0.228 e. The molecule has 112 valence electrons. The summed E-state index contributed by atoms with van der Waals surface area (Å²) in [6, 6.07) is 5.53. The van der Waals surface area contributed by atoms with Gasteiger partial charge in [0, 0.05) is 23.5 Å². The van der Waals surface area contributed by atoms with Crippen LogP contribution < -0.4 is 0 Å². The van der Waals surface area contributed by atoms with Crippen molar-refractivity contribution in [3.8, 4) is 0 Å². The number of nitrogens with zero attached hydrogens (tertiary/aromatic N) is 2. The SMILES string of the molecule is CC(C)n1ccnc1S(=O)(=O)C1CCc2c(Cl)cccc21. The van der Waals surface area contributed by atoms with Gasteiger partial charge in [0.25, 0.3) is 0 Å². The highest BCUT2D eigenvalue weighted by atomic mass is 35.5. The van der Waals surface area contributed by atoms with Gasteiger partial charge in [-0.25, -0.2) is 13.4 Å². The fourth-order valence-electron chi connectivity index (χ4n) is 2.93. The number of sulfone groups is 1. The van der Waals surface area contributed by atoms with E-state index in [1.54, 1.807) is 17.0 Å². The van der Waals surface area contributed by atoms with Crippen molar-refractivity contribution in [2.24, 2.45) is 0 Å². The first-order valence-corrected chi connectivity index (χ1v) is 8.89. The molecule has 0 aliphatic heterocycles. The number of imidazole rings is 1. The summed E-state index contributed by atoms with van der Waals surface area (Å²) in [5.74, 6) is 0. The molecule has 3 rings (SSSR count). The normalized spacial score (nSPS) is 18.2. The molecule has 0 bridgehead atoms. The molecule has 0 amide bonds. The van der Waals surface area contributed by atoms with Gasteiger partial charge >= 0.3 is 0 Å². The smallest absolute Gasteiger partial charge is 0.228 e. The van der Waals surface area contributed by atoms with Crippen LogP contribution in [-0.4, -0.2) is 18.0 Å². The zero-order chi connectivity index (χ0) is 15.2. The average molecular weight is 325 g/mol. The van der Waals surface area contributed by atoms with E-state index in [1.807, 2.05) is 32.0 Å². The van der Waals surface area contributed by atoms with Gasteiger partial charge in [0.15, 0.2) is 0 Å². The van der Waals surface area contributed by atoms with Crippen LogP contribution >= 0.6 is 11.6 Å². The van der Waals surface area contributed by atoms with Crippen LogP contribution in [0.15, 0.2) is 35.7 Å². The van der Waals surface area contributed by atoms with Crippen molar-refractivity contribution < 1.29 is 8.42 Å². The van der Waals surface area contributed by atoms with Crippen molar-refractivity contribution in [1.29, 1.82) is 0 Å². The van der Waals surface area contributed by atoms with E-state index in [0.29, 0.717) is 17.9 Å². The third-order valence-corrected chi connectivity index (χ3v) is 6.40. The van der Waals surface area contributed by atoms with Gasteiger partial charge in [-0.1, -0.05) is 23.7 Å². The first kappa shape index (κ1) is 14.6. The summed E-state index contributed by atoms with van der Waals surface area (Å²) in [7, 11) is -3.51. The lowest BCUT2D eigenvalue weighted by Crippen LogP contribution is -2.17. The quantitative estimate of drug-likeness (QED) is 0.867. The van der Waals surface area contributed by atoms with Crippen molar-refractivity contribution in [3.63, 3.8) is 0 Å². The lowest BCUT2D eigenvalue weighted by molar-refractivity contribution is 0.513. The highest BCUT2D eigenvalue weighted by Gasteiger charge is 2.38. The summed E-state index contributed by atoms with van der Waals surface area (Å²) >= 11 is 6.18. The predicted molar refractivity (Wildman–Crippen MR) is 82.3 cm³/mol. The van der Waals surface area contributed by atoms with Crippen molar-refractivity contribution in [1.82, 2.24) is 9.55 Å². The lowest BCUT2D eigenvalue weighted by atomic mass is 10.1. The Morgan fingerprint density at radius 3 is 2.86 bits per heavy atom. The largest absolute Gasteiger partial charge is 0.319 e. The highest BCUT2D eigenvalue weighted by Crippen LogP contribution is 2.42. The topological polar surface area (TPSA) is 52.0 Å². The molecule has 21 heavy (non-hydrogen) atoms. The van der Waals surface area contributed by atoms with Gasteiger partial charge in [0.2, 0.25) is 15.0 Å². The molecule has 1 heterocycles. The highest BCUT2D eigenvalue weighted by molar-refractivity contribution is 7.91. The second-order valence-corrected chi connectivity index (χ2v) is 8.02. The summed E-state index contributed by atoms with van der Waals surface area (Å²) in [6.45, 7) is 3.89. The Morgan fingerprint density at radius 2 is 2.14 bits per heavy atom. The first-order valence-electron chi connectivity index (χ1n) is 6.97. The molecule has 4 nitrogen and oxygen atoms in total. The number of hydrogen-bond acceptors (Lipinski definition) is 3. The second-order valence-electron chi connectivity index (χ2n) is 5.59. The minimum absolute atomic E-state index is 0.0532. The Morgan fingerprint density at radius 1 is 1.38 bits per heavy atom. The minimum Gasteiger partial charge on any atom is -0.319 e. The predicted octanol–water partition coefficient (Wildman–Crippen LogP) is 3.58. The van der Waals surface area contributed by atoms with Gasteiger partial charge < -0.3 is 4.57 Å². The van der Waals surface area contributed by atoms with E-state index in [-0.39, 0.29) is 11.2 Å². The molecule has 0 saturated carbocycles. The molecular weight excluding hydrogens is 308 g/mol. The van der Waals surface area contributed by atoms with Crippen LogP contribution in [0.1, 0.15) is 42.7 Å². The van der Waals surface area contributed by atoms with E-state index in [1.165, 1.54) is 0 Å². The van der Waals surface area contributed by atoms with Gasteiger partial charge in [-0.2, -0.15) is 0 Å². The fourth-order valence-corrected chi connectivity index (χ4v) is 5.22. The fraction of sp³-hybridized carbons (Fsp3) is 0.400. The van der Waals surface area contributed by atoms with Crippen molar-refractivity contribution in [2.75, 3.05) is 0 Å². The van der Waals surface area contributed by atoms with Crippen molar-refractivity contribution in [2.45, 2.75) is 43.1 Å². The number of rotatable bonds is 3. The summed E-state index contributed by atoms with van der Waals surface area (Å²) in [6.07, 6.45) is 4.51. The van der Waals surface area contributed by atoms with Crippen LogP contribution in [0.25, 0.3) is 0 Å². The third kappa shape index (κ3) is 2.28. The molecule has 0 saturated heterocycles. The van der Waals surface area contributed by atoms with Crippen LogP contribution in [0.5, 0.6) is 0 Å². The van der Waals surface area contributed by atoms with Gasteiger partial charge in [0.05, 0.1) is 5.25 Å². The van der Waals surface area contributed by atoms with Gasteiger partial charge in [-0.05, 0) is 43.9 Å². The minimum atomic E-state index is -3.51. The molecule has 0 spiro atoms. The van der Waals surface area contributed by atoms with E-state index in [9.17, 15) is 8.42 Å².